The average Bonchev–Trinajstić information content (AvgIpc) is 3.32. The van der Waals surface area contributed by atoms with Crippen LogP contribution in [0.25, 0.3) is 0 Å². The first-order chi connectivity index (χ1) is 14.8. The fraction of sp³-hybridized carbons (Fsp3) is 0.500. The number of nitrogens with two attached hydrogens (primary N) is 1. The molecule has 0 bridgehead atoms. The van der Waals surface area contributed by atoms with E-state index in [0.717, 1.165) is 0 Å². The van der Waals surface area contributed by atoms with Gasteiger partial charge in [-0.15, -0.1) is 11.8 Å². The number of carbonyl (C=O) groups is 1. The molecule has 0 aliphatic heterocycles. The van der Waals surface area contributed by atoms with E-state index in [1.165, 1.54) is 12.5 Å². The van der Waals surface area contributed by atoms with Crippen molar-refractivity contribution in [3.8, 4) is 11.8 Å². The van der Waals surface area contributed by atoms with Crippen molar-refractivity contribution in [3.63, 3.8) is 0 Å². The van der Waals surface area contributed by atoms with Crippen LogP contribution < -0.4 is 5.14 Å². The van der Waals surface area contributed by atoms with Crippen molar-refractivity contribution < 1.29 is 22.5 Å². The van der Waals surface area contributed by atoms with Crippen molar-refractivity contribution in [3.05, 3.63) is 41.7 Å². The smallest absolute Gasteiger partial charge is 0.333 e. The summed E-state index contributed by atoms with van der Waals surface area (Å²) in [6.07, 6.45) is 5.93. The molecule has 2 heterocycles. The highest BCUT2D eigenvalue weighted by molar-refractivity contribution is 7.84. The molecular formula is C20H25N5O5S. The Morgan fingerprint density at radius 3 is 2.97 bits per heavy atom. The first-order valence-electron chi connectivity index (χ1n) is 9.88. The summed E-state index contributed by atoms with van der Waals surface area (Å²) in [4.78, 5) is 21.3. The molecule has 1 aliphatic rings. The molecule has 2 aromatic rings. The minimum atomic E-state index is -4.06. The van der Waals surface area contributed by atoms with Crippen molar-refractivity contribution >= 4 is 16.1 Å². The summed E-state index contributed by atoms with van der Waals surface area (Å²) >= 11 is 0. The Morgan fingerprint density at radius 1 is 1.42 bits per heavy atom. The van der Waals surface area contributed by atoms with Gasteiger partial charge in [0.05, 0.1) is 30.5 Å². The molecule has 1 saturated carbocycles. The number of aliphatic hydroxyl groups excluding tert-OH is 1. The molecule has 0 saturated heterocycles. The van der Waals surface area contributed by atoms with E-state index in [2.05, 4.69) is 31.1 Å². The van der Waals surface area contributed by atoms with Gasteiger partial charge in [-0.05, 0) is 38.2 Å². The van der Waals surface area contributed by atoms with Gasteiger partial charge in [0.1, 0.15) is 12.0 Å². The topological polar surface area (TPSA) is 150 Å². The van der Waals surface area contributed by atoms with Crippen LogP contribution in [0.15, 0.2) is 24.8 Å². The van der Waals surface area contributed by atoms with Gasteiger partial charge in [0.15, 0.2) is 0 Å². The van der Waals surface area contributed by atoms with Crippen LogP contribution in [0.5, 0.6) is 0 Å². The van der Waals surface area contributed by atoms with Crippen LogP contribution >= 0.6 is 0 Å². The van der Waals surface area contributed by atoms with E-state index in [1.807, 2.05) is 0 Å². The van der Waals surface area contributed by atoms with Crippen molar-refractivity contribution in [1.82, 2.24) is 19.7 Å². The minimum Gasteiger partial charge on any atom is -0.393 e. The molecule has 0 unspecified atom stereocenters. The molecule has 2 aromatic heterocycles. The molecule has 0 radical (unpaired) electrons. The maximum atomic E-state index is 13.0. The largest absolute Gasteiger partial charge is 0.393 e. The minimum absolute atomic E-state index is 0.00991. The highest BCUT2D eigenvalue weighted by Crippen LogP contribution is 2.34. The second-order valence-corrected chi connectivity index (χ2v) is 8.72. The van der Waals surface area contributed by atoms with Gasteiger partial charge >= 0.3 is 10.3 Å². The third-order valence-electron chi connectivity index (χ3n) is 5.24. The number of carbonyl (C=O) groups excluding carboxylic acids is 1. The SMILES string of the molecule is CC#CCCn1ccc(C(=O)c2cncnc2C[C@@H]2C[C@H](COS(N)(=O)=O)[C@@H](O)C2)n1. The van der Waals surface area contributed by atoms with Gasteiger partial charge in [-0.2, -0.15) is 13.5 Å². The summed E-state index contributed by atoms with van der Waals surface area (Å²) in [5, 5.41) is 19.4. The van der Waals surface area contributed by atoms with Gasteiger partial charge in [0.2, 0.25) is 5.78 Å². The molecule has 3 N–H and O–H groups in total. The molecule has 0 aromatic carbocycles. The number of hydrogen-bond acceptors (Lipinski definition) is 8. The van der Waals surface area contributed by atoms with Crippen molar-refractivity contribution in [2.75, 3.05) is 6.61 Å². The van der Waals surface area contributed by atoms with E-state index in [9.17, 15) is 18.3 Å². The van der Waals surface area contributed by atoms with Crippen LogP contribution in [0, 0.1) is 23.7 Å². The van der Waals surface area contributed by atoms with Gasteiger partial charge in [0.25, 0.3) is 0 Å². The van der Waals surface area contributed by atoms with E-state index in [0.29, 0.717) is 49.2 Å². The molecule has 31 heavy (non-hydrogen) atoms. The van der Waals surface area contributed by atoms with Crippen molar-refractivity contribution in [2.24, 2.45) is 17.0 Å². The summed E-state index contributed by atoms with van der Waals surface area (Å²) < 4.78 is 28.3. The van der Waals surface area contributed by atoms with Crippen LogP contribution in [0.3, 0.4) is 0 Å². The Morgan fingerprint density at radius 2 is 2.23 bits per heavy atom. The van der Waals surface area contributed by atoms with Gasteiger partial charge in [0, 0.05) is 24.7 Å². The summed E-state index contributed by atoms with van der Waals surface area (Å²) in [5.41, 5.74) is 1.22. The molecular weight excluding hydrogens is 422 g/mol. The zero-order chi connectivity index (χ0) is 22.4. The van der Waals surface area contributed by atoms with E-state index in [4.69, 9.17) is 5.14 Å². The lowest BCUT2D eigenvalue weighted by molar-refractivity contribution is 0.100. The van der Waals surface area contributed by atoms with Gasteiger partial charge < -0.3 is 5.11 Å². The summed E-state index contributed by atoms with van der Waals surface area (Å²) in [7, 11) is -4.06. The number of hydrogen-bond donors (Lipinski definition) is 2. The molecule has 1 aliphatic carbocycles. The first kappa shape index (κ1) is 23.0. The lowest BCUT2D eigenvalue weighted by Crippen LogP contribution is -2.24. The molecule has 11 heteroatoms. The second kappa shape index (κ2) is 10.1. The Balaban J connectivity index is 1.68. The number of aryl methyl sites for hydroxylation is 1. The predicted molar refractivity (Wildman–Crippen MR) is 111 cm³/mol. The van der Waals surface area contributed by atoms with E-state index in [1.54, 1.807) is 23.9 Å². The van der Waals surface area contributed by atoms with Gasteiger partial charge in [-0.1, -0.05) is 0 Å². The van der Waals surface area contributed by atoms with E-state index >= 15 is 0 Å². The predicted octanol–water partition coefficient (Wildman–Crippen LogP) is 0.467. The fourth-order valence-electron chi connectivity index (χ4n) is 3.76. The standard InChI is InChI=1S/C20H25N5O5S/c1-2-3-4-6-25-7-5-17(24-25)20(27)16-11-22-13-23-18(16)9-14-8-15(19(26)10-14)12-30-31(21,28)29/h5,7,11,13-15,19,26H,4,6,8-10,12H2,1H3,(H2,21,28,29)/t14-,15+,19-/m0/s1. The van der Waals surface area contributed by atoms with Crippen LogP contribution in [-0.2, 0) is 27.5 Å². The molecule has 166 valence electrons. The number of rotatable bonds is 9. The number of aromatic nitrogens is 4. The van der Waals surface area contributed by atoms with Gasteiger partial charge in [-0.3, -0.25) is 13.7 Å². The summed E-state index contributed by atoms with van der Waals surface area (Å²) in [6, 6.07) is 1.65. The average molecular weight is 448 g/mol. The molecule has 1 fully saturated rings. The summed E-state index contributed by atoms with van der Waals surface area (Å²) in [6.45, 7) is 2.19. The maximum absolute atomic E-state index is 13.0. The first-order valence-corrected chi connectivity index (χ1v) is 11.4. The Labute approximate surface area is 181 Å². The van der Waals surface area contributed by atoms with Crippen LogP contribution in [0.2, 0.25) is 0 Å². The zero-order valence-corrected chi connectivity index (χ0v) is 18.0. The fourth-order valence-corrected chi connectivity index (χ4v) is 4.13. The number of aliphatic hydroxyl groups is 1. The Kier molecular flexibility index (Phi) is 7.50. The maximum Gasteiger partial charge on any atom is 0.333 e. The number of ketones is 1. The molecule has 3 rings (SSSR count). The highest BCUT2D eigenvalue weighted by atomic mass is 32.2. The van der Waals surface area contributed by atoms with Crippen molar-refractivity contribution in [1.29, 1.82) is 0 Å². The van der Waals surface area contributed by atoms with Crippen molar-refractivity contribution in [2.45, 2.75) is 45.3 Å². The van der Waals surface area contributed by atoms with Crippen LogP contribution in [0.1, 0.15) is 47.9 Å². The molecule has 0 amide bonds. The molecule has 0 spiro atoms. The van der Waals surface area contributed by atoms with Gasteiger partial charge in [-0.25, -0.2) is 15.1 Å². The summed E-state index contributed by atoms with van der Waals surface area (Å²) in [5.74, 6) is 5.16. The third-order valence-corrected chi connectivity index (χ3v) is 5.70. The Hall–Kier alpha value is -2.65. The lowest BCUT2D eigenvalue weighted by Gasteiger charge is -2.13. The van der Waals surface area contributed by atoms with E-state index < -0.39 is 16.4 Å². The third kappa shape index (κ3) is 6.41. The Bertz CT molecular complexity index is 1090. The highest BCUT2D eigenvalue weighted by Gasteiger charge is 2.35. The normalized spacial score (nSPS) is 20.9. The lowest BCUT2D eigenvalue weighted by atomic mass is 9.96. The zero-order valence-electron chi connectivity index (χ0n) is 17.1. The second-order valence-electron chi connectivity index (χ2n) is 7.50. The van der Waals surface area contributed by atoms with Crippen LogP contribution in [0.4, 0.5) is 0 Å². The number of nitrogens with zero attached hydrogens (tertiary/aromatic N) is 4. The molecule has 10 nitrogen and oxygen atoms in total. The monoisotopic (exact) mass is 447 g/mol. The van der Waals surface area contributed by atoms with Crippen LogP contribution in [-0.4, -0.2) is 51.8 Å². The van der Waals surface area contributed by atoms with E-state index in [-0.39, 0.29) is 24.2 Å². The molecule has 3 atom stereocenters. The quantitative estimate of drug-likeness (QED) is 0.416.